The summed E-state index contributed by atoms with van der Waals surface area (Å²) in [6, 6.07) is 2.09. The highest BCUT2D eigenvalue weighted by Gasteiger charge is 2.77. The zero-order valence-electron chi connectivity index (χ0n) is 20.1. The first-order valence-electron chi connectivity index (χ1n) is 12.6. The van der Waals surface area contributed by atoms with Crippen LogP contribution in [0.3, 0.4) is 0 Å². The Bertz CT molecular complexity index is 1120. The number of hydrogen-bond donors (Lipinski definition) is 0. The summed E-state index contributed by atoms with van der Waals surface area (Å²) in [5.74, 6) is -0.284. The molecule has 2 spiro atoms. The SMILES string of the molecule is CC1(C)CCC23CCC4(OC2=O)C(C(=O)C=C2C5(C)C=C(C#N)C(=O)CC5CCC24C)C3C1. The van der Waals surface area contributed by atoms with Crippen LogP contribution in [-0.4, -0.2) is 23.1 Å². The Labute approximate surface area is 195 Å². The second-order valence-corrected chi connectivity index (χ2v) is 13.0. The lowest BCUT2D eigenvalue weighted by Gasteiger charge is -2.70. The van der Waals surface area contributed by atoms with Gasteiger partial charge in [0.15, 0.2) is 11.6 Å². The monoisotopic (exact) mass is 447 g/mol. The van der Waals surface area contributed by atoms with Crippen LogP contribution in [0.25, 0.3) is 0 Å². The van der Waals surface area contributed by atoms with Crippen LogP contribution < -0.4 is 0 Å². The van der Waals surface area contributed by atoms with Gasteiger partial charge in [0.25, 0.3) is 0 Å². The molecule has 7 rings (SSSR count). The number of nitrogens with zero attached hydrogens (tertiary/aromatic N) is 1. The fraction of sp³-hybridized carbons (Fsp3) is 0.714. The predicted octanol–water partition coefficient (Wildman–Crippen LogP) is 4.86. The molecule has 5 aliphatic carbocycles. The van der Waals surface area contributed by atoms with E-state index in [2.05, 4.69) is 33.8 Å². The molecule has 2 saturated heterocycles. The van der Waals surface area contributed by atoms with Crippen molar-refractivity contribution in [2.45, 2.75) is 84.7 Å². The average molecular weight is 448 g/mol. The molecule has 0 aromatic carbocycles. The summed E-state index contributed by atoms with van der Waals surface area (Å²) in [6.45, 7) is 8.79. The highest BCUT2D eigenvalue weighted by atomic mass is 16.6. The molecular weight excluding hydrogens is 414 g/mol. The third-order valence-corrected chi connectivity index (χ3v) is 11.1. The highest BCUT2D eigenvalue weighted by molar-refractivity contribution is 6.01. The summed E-state index contributed by atoms with van der Waals surface area (Å²) >= 11 is 0. The van der Waals surface area contributed by atoms with Gasteiger partial charge in [-0.2, -0.15) is 5.26 Å². The Balaban J connectivity index is 1.55. The summed E-state index contributed by atoms with van der Waals surface area (Å²) in [4.78, 5) is 40.1. The summed E-state index contributed by atoms with van der Waals surface area (Å²) in [6.07, 6.45) is 9.85. The van der Waals surface area contributed by atoms with Gasteiger partial charge in [-0.3, -0.25) is 14.4 Å². The van der Waals surface area contributed by atoms with Crippen LogP contribution in [0.15, 0.2) is 23.3 Å². The summed E-state index contributed by atoms with van der Waals surface area (Å²) in [5.41, 5.74) is -1.07. The van der Waals surface area contributed by atoms with E-state index in [1.54, 1.807) is 0 Å². The Morgan fingerprint density at radius 1 is 1.03 bits per heavy atom. The van der Waals surface area contributed by atoms with E-state index in [4.69, 9.17) is 4.74 Å². The van der Waals surface area contributed by atoms with Crippen molar-refractivity contribution in [1.29, 1.82) is 5.26 Å². The molecule has 2 aliphatic heterocycles. The van der Waals surface area contributed by atoms with E-state index in [0.717, 1.165) is 50.5 Å². The fourth-order valence-electron chi connectivity index (χ4n) is 9.19. The quantitative estimate of drug-likeness (QED) is 0.495. The number of nitriles is 1. The topological polar surface area (TPSA) is 84.2 Å². The molecule has 5 heteroatoms. The number of fused-ring (bicyclic) bond motifs is 5. The lowest BCUT2D eigenvalue weighted by molar-refractivity contribution is -0.273. The molecule has 7 aliphatic rings. The molecule has 5 fully saturated rings. The number of Topliss-reactive ketones (excluding diaryl/α,β-unsaturated/α-hetero) is 1. The van der Waals surface area contributed by atoms with Crippen LogP contribution in [0, 0.1) is 50.7 Å². The van der Waals surface area contributed by atoms with Crippen molar-refractivity contribution < 1.29 is 19.1 Å². The van der Waals surface area contributed by atoms with Gasteiger partial charge in [-0.15, -0.1) is 0 Å². The van der Waals surface area contributed by atoms with E-state index in [-0.39, 0.29) is 46.3 Å². The van der Waals surface area contributed by atoms with E-state index in [1.807, 2.05) is 12.2 Å². The van der Waals surface area contributed by atoms with E-state index in [1.165, 1.54) is 0 Å². The number of allylic oxidation sites excluding steroid dienone is 3. The molecule has 0 N–H and O–H groups in total. The summed E-state index contributed by atoms with van der Waals surface area (Å²) in [5, 5.41) is 9.59. The number of esters is 1. The molecule has 2 bridgehead atoms. The second-order valence-electron chi connectivity index (χ2n) is 13.0. The first kappa shape index (κ1) is 21.3. The minimum Gasteiger partial charge on any atom is -0.457 e. The molecule has 2 heterocycles. The van der Waals surface area contributed by atoms with Crippen LogP contribution in [0.4, 0.5) is 0 Å². The number of ether oxygens (including phenoxy) is 1. The van der Waals surface area contributed by atoms with Gasteiger partial charge in [0.05, 0.1) is 16.9 Å². The number of carbonyl (C=O) groups is 3. The molecule has 0 aromatic heterocycles. The molecule has 3 saturated carbocycles. The molecule has 0 radical (unpaired) electrons. The van der Waals surface area contributed by atoms with Crippen molar-refractivity contribution in [3.63, 3.8) is 0 Å². The van der Waals surface area contributed by atoms with E-state index < -0.39 is 21.8 Å². The Hall–Kier alpha value is -2.22. The van der Waals surface area contributed by atoms with Crippen LogP contribution in [0.5, 0.6) is 0 Å². The van der Waals surface area contributed by atoms with E-state index in [9.17, 15) is 19.6 Å². The minimum absolute atomic E-state index is 0.0297. The Morgan fingerprint density at radius 3 is 2.45 bits per heavy atom. The molecule has 174 valence electrons. The highest BCUT2D eigenvalue weighted by Crippen LogP contribution is 2.74. The number of ketones is 2. The lowest BCUT2D eigenvalue weighted by Crippen LogP contribution is -2.75. The van der Waals surface area contributed by atoms with Crippen molar-refractivity contribution >= 4 is 17.5 Å². The standard InChI is InChI=1S/C28H33NO4/c1-24(2)7-8-27-9-10-28(33-23(27)32)22(18(27)14-24)20(31)12-21-25(3)13-16(15-29)19(30)11-17(25)5-6-26(21,28)4/h12-13,17-18,22H,5-11,14H2,1-4H3. The van der Waals surface area contributed by atoms with Crippen LogP contribution in [-0.2, 0) is 19.1 Å². The molecule has 0 amide bonds. The third-order valence-electron chi connectivity index (χ3n) is 11.1. The molecular formula is C28H33NO4. The van der Waals surface area contributed by atoms with Crippen molar-refractivity contribution in [2.24, 2.45) is 39.4 Å². The largest absolute Gasteiger partial charge is 0.457 e. The van der Waals surface area contributed by atoms with Crippen LogP contribution in [0.2, 0.25) is 0 Å². The summed E-state index contributed by atoms with van der Waals surface area (Å²) in [7, 11) is 0. The Kier molecular flexibility index (Phi) is 3.92. The fourth-order valence-corrected chi connectivity index (χ4v) is 9.19. The number of rotatable bonds is 0. The van der Waals surface area contributed by atoms with Gasteiger partial charge in [-0.05, 0) is 73.8 Å². The summed E-state index contributed by atoms with van der Waals surface area (Å²) < 4.78 is 6.49. The number of hydrogen-bond acceptors (Lipinski definition) is 5. The van der Waals surface area contributed by atoms with E-state index >= 15 is 0 Å². The minimum atomic E-state index is -0.818. The zero-order valence-corrected chi connectivity index (χ0v) is 20.1. The van der Waals surface area contributed by atoms with Crippen molar-refractivity contribution in [3.8, 4) is 6.07 Å². The maximum Gasteiger partial charge on any atom is 0.312 e. The first-order chi connectivity index (χ1) is 15.4. The number of carbonyl (C=O) groups excluding carboxylic acids is 3. The molecule has 33 heavy (non-hydrogen) atoms. The predicted molar refractivity (Wildman–Crippen MR) is 120 cm³/mol. The van der Waals surface area contributed by atoms with Crippen molar-refractivity contribution in [3.05, 3.63) is 23.3 Å². The maximum absolute atomic E-state index is 14.0. The van der Waals surface area contributed by atoms with Gasteiger partial charge in [0.2, 0.25) is 0 Å². The van der Waals surface area contributed by atoms with E-state index in [0.29, 0.717) is 6.42 Å². The van der Waals surface area contributed by atoms with Crippen molar-refractivity contribution in [1.82, 2.24) is 0 Å². The van der Waals surface area contributed by atoms with Gasteiger partial charge < -0.3 is 4.74 Å². The average Bonchev–Trinajstić information content (AvgIpc) is 2.75. The molecule has 7 atom stereocenters. The molecule has 7 unspecified atom stereocenters. The van der Waals surface area contributed by atoms with Gasteiger partial charge >= 0.3 is 5.97 Å². The van der Waals surface area contributed by atoms with Crippen molar-refractivity contribution in [2.75, 3.05) is 0 Å². The lowest BCUT2D eigenvalue weighted by atomic mass is 9.37. The van der Waals surface area contributed by atoms with Crippen LogP contribution in [0.1, 0.15) is 79.1 Å². The van der Waals surface area contributed by atoms with Gasteiger partial charge in [0.1, 0.15) is 11.7 Å². The molecule has 5 nitrogen and oxygen atoms in total. The zero-order chi connectivity index (χ0) is 23.6. The van der Waals surface area contributed by atoms with Gasteiger partial charge in [-0.25, -0.2) is 0 Å². The second kappa shape index (κ2) is 6.06. The first-order valence-corrected chi connectivity index (χ1v) is 12.6. The smallest absolute Gasteiger partial charge is 0.312 e. The van der Waals surface area contributed by atoms with Crippen LogP contribution >= 0.6 is 0 Å². The third kappa shape index (κ3) is 2.31. The maximum atomic E-state index is 14.0. The van der Waals surface area contributed by atoms with Gasteiger partial charge in [-0.1, -0.05) is 33.8 Å². The molecule has 0 aromatic rings. The van der Waals surface area contributed by atoms with Gasteiger partial charge in [0, 0.05) is 17.3 Å². The Morgan fingerprint density at radius 2 is 1.76 bits per heavy atom. The normalized spacial score (nSPS) is 49.4.